The van der Waals surface area contributed by atoms with Gasteiger partial charge in [0, 0.05) is 13.1 Å². The normalized spacial score (nSPS) is 24.7. The number of carbonyl (C=O) groups is 5. The van der Waals surface area contributed by atoms with Gasteiger partial charge in [-0.15, -0.1) is 13.2 Å². The summed E-state index contributed by atoms with van der Waals surface area (Å²) >= 11 is 0. The van der Waals surface area contributed by atoms with Crippen LogP contribution >= 0.6 is 0 Å². The number of likely N-dealkylation sites (tertiary alicyclic amines) is 1. The lowest BCUT2D eigenvalue weighted by Crippen LogP contribution is -2.59. The minimum Gasteiger partial charge on any atom is -0.444 e. The number of carbonyl (C=O) groups excluding carboxylic acids is 5. The molecule has 0 aromatic heterocycles. The number of ether oxygens (including phenoxy) is 1. The lowest BCUT2D eigenvalue weighted by Gasteiger charge is -2.36. The van der Waals surface area contributed by atoms with Crippen LogP contribution in [0.2, 0.25) is 0 Å². The summed E-state index contributed by atoms with van der Waals surface area (Å²) in [4.78, 5) is 68.1. The average Bonchev–Trinajstić information content (AvgIpc) is 3.33. The summed E-state index contributed by atoms with van der Waals surface area (Å²) in [7, 11) is 0. The van der Waals surface area contributed by atoms with Crippen LogP contribution in [0.3, 0.4) is 0 Å². The molecule has 0 aromatic rings. The fraction of sp³-hybridized carbons (Fsp3) is 0.719. The van der Waals surface area contributed by atoms with Gasteiger partial charge in [0.15, 0.2) is 0 Å². The van der Waals surface area contributed by atoms with Gasteiger partial charge in [-0.25, -0.2) is 4.79 Å². The molecule has 0 spiro atoms. The summed E-state index contributed by atoms with van der Waals surface area (Å²) in [6, 6.07) is -2.70. The van der Waals surface area contributed by atoms with Crippen molar-refractivity contribution in [2.45, 2.75) is 110 Å². The van der Waals surface area contributed by atoms with Crippen molar-refractivity contribution in [3.63, 3.8) is 0 Å². The maximum atomic E-state index is 14.3. The number of hydrogen-bond acceptors (Lipinski definition) is 6. The number of hydrogen-bond donors (Lipinski definition) is 3. The Morgan fingerprint density at radius 2 is 1.64 bits per heavy atom. The van der Waals surface area contributed by atoms with Gasteiger partial charge in [0.05, 0.1) is 6.04 Å². The Balaban J connectivity index is 1.86. The highest BCUT2D eigenvalue weighted by Gasteiger charge is 2.69. The summed E-state index contributed by atoms with van der Waals surface area (Å²) in [5.41, 5.74) is -0.884. The van der Waals surface area contributed by atoms with Crippen molar-refractivity contribution < 1.29 is 28.7 Å². The van der Waals surface area contributed by atoms with Crippen molar-refractivity contribution in [1.29, 1.82) is 0 Å². The molecule has 0 aromatic carbocycles. The second-order valence-electron chi connectivity index (χ2n) is 13.6. The molecule has 4 amide bonds. The highest BCUT2D eigenvalue weighted by molar-refractivity contribution is 6.38. The van der Waals surface area contributed by atoms with E-state index in [1.54, 1.807) is 31.7 Å². The van der Waals surface area contributed by atoms with Crippen LogP contribution in [0.4, 0.5) is 4.79 Å². The summed E-state index contributed by atoms with van der Waals surface area (Å²) in [6.07, 6.45) is 8.75. The number of amides is 4. The molecule has 1 heterocycles. The fourth-order valence-electron chi connectivity index (χ4n) is 6.67. The van der Waals surface area contributed by atoms with Crippen LogP contribution in [0.25, 0.3) is 0 Å². The molecule has 0 bridgehead atoms. The first-order valence-corrected chi connectivity index (χ1v) is 15.4. The molecule has 42 heavy (non-hydrogen) atoms. The molecule has 1 aliphatic heterocycles. The Hall–Kier alpha value is -3.17. The number of ketones is 1. The van der Waals surface area contributed by atoms with E-state index in [-0.39, 0.29) is 42.0 Å². The van der Waals surface area contributed by atoms with Crippen molar-refractivity contribution in [2.75, 3.05) is 13.1 Å². The van der Waals surface area contributed by atoms with E-state index in [1.807, 2.05) is 0 Å². The third-order valence-electron chi connectivity index (χ3n) is 8.99. The Labute approximate surface area is 250 Å². The molecule has 2 aliphatic carbocycles. The molecule has 0 radical (unpaired) electrons. The van der Waals surface area contributed by atoms with E-state index in [0.29, 0.717) is 13.0 Å². The van der Waals surface area contributed by atoms with Gasteiger partial charge in [-0.2, -0.15) is 0 Å². The molecule has 2 unspecified atom stereocenters. The summed E-state index contributed by atoms with van der Waals surface area (Å²) in [5, 5.41) is 8.15. The van der Waals surface area contributed by atoms with Crippen LogP contribution in [0, 0.1) is 23.2 Å². The van der Waals surface area contributed by atoms with Gasteiger partial charge in [0.2, 0.25) is 17.6 Å². The van der Waals surface area contributed by atoms with Gasteiger partial charge in [0.25, 0.3) is 5.91 Å². The van der Waals surface area contributed by atoms with E-state index in [1.165, 1.54) is 6.08 Å². The van der Waals surface area contributed by atoms with Crippen molar-refractivity contribution in [3.05, 3.63) is 25.3 Å². The molecule has 3 aliphatic rings. The molecule has 234 valence electrons. The summed E-state index contributed by atoms with van der Waals surface area (Å²) in [6.45, 7) is 17.2. The number of rotatable bonds is 12. The van der Waals surface area contributed by atoms with E-state index in [2.05, 4.69) is 43.0 Å². The minimum absolute atomic E-state index is 0.0726. The van der Waals surface area contributed by atoms with Crippen molar-refractivity contribution >= 4 is 29.6 Å². The average molecular weight is 587 g/mol. The lowest BCUT2D eigenvalue weighted by molar-refractivity contribution is -0.144. The largest absolute Gasteiger partial charge is 0.444 e. The molecule has 3 N–H and O–H groups in total. The third-order valence-corrected chi connectivity index (χ3v) is 8.99. The zero-order valence-corrected chi connectivity index (χ0v) is 26.0. The number of fused-ring (bicyclic) bond motifs is 1. The predicted octanol–water partition coefficient (Wildman–Crippen LogP) is 3.66. The van der Waals surface area contributed by atoms with Gasteiger partial charge in [-0.3, -0.25) is 19.2 Å². The van der Waals surface area contributed by atoms with Gasteiger partial charge in [-0.1, -0.05) is 51.7 Å². The molecule has 2 saturated carbocycles. The maximum absolute atomic E-state index is 14.3. The Morgan fingerprint density at radius 1 is 1.00 bits per heavy atom. The van der Waals surface area contributed by atoms with Gasteiger partial charge in [0.1, 0.15) is 17.7 Å². The lowest BCUT2D eigenvalue weighted by atomic mass is 9.90. The van der Waals surface area contributed by atoms with E-state index >= 15 is 0 Å². The zero-order valence-electron chi connectivity index (χ0n) is 26.0. The Morgan fingerprint density at radius 3 is 2.21 bits per heavy atom. The molecule has 10 heteroatoms. The standard InChI is InChI=1S/C32H50N4O6/c1-8-10-17-22(26(37)28(39)33-18-9-2)34-27(38)25-23-21(32(23,6)7)19-36(25)29(40)24(20-15-13-11-12-14-16-20)35-30(41)42-31(3,4)5/h8-9,20-25H,1-2,10-19H2,3-7H3,(H,33,39)(H,34,38)(H,35,41)/t21-,22?,23-,24?,25-/m0/s1. The molecule has 3 rings (SSSR count). The minimum atomic E-state index is -1.06. The second-order valence-corrected chi connectivity index (χ2v) is 13.6. The highest BCUT2D eigenvalue weighted by Crippen LogP contribution is 2.65. The van der Waals surface area contributed by atoms with Crippen LogP contribution in [-0.2, 0) is 23.9 Å². The number of Topliss-reactive ketones (excluding diaryl/α,β-unsaturated/α-hetero) is 1. The highest BCUT2D eigenvalue weighted by atomic mass is 16.6. The Kier molecular flexibility index (Phi) is 11.0. The van der Waals surface area contributed by atoms with E-state index in [9.17, 15) is 24.0 Å². The van der Waals surface area contributed by atoms with Crippen molar-refractivity contribution in [1.82, 2.24) is 20.9 Å². The van der Waals surface area contributed by atoms with E-state index in [0.717, 1.165) is 38.5 Å². The topological polar surface area (TPSA) is 134 Å². The smallest absolute Gasteiger partial charge is 0.408 e. The van der Waals surface area contributed by atoms with Crippen LogP contribution in [0.15, 0.2) is 25.3 Å². The van der Waals surface area contributed by atoms with Crippen LogP contribution in [-0.4, -0.2) is 71.3 Å². The SMILES string of the molecule is C=CCCC(NC(=O)[C@@H]1[C@@H]2[C@H](CN1C(=O)C(NC(=O)OC(C)(C)C)C1CCCCCC1)C2(C)C)C(=O)C(=O)NCC=C. The first-order valence-electron chi connectivity index (χ1n) is 15.4. The zero-order chi connectivity index (χ0) is 31.2. The first kappa shape index (κ1) is 33.3. The fourth-order valence-corrected chi connectivity index (χ4v) is 6.67. The molecule has 3 fully saturated rings. The summed E-state index contributed by atoms with van der Waals surface area (Å²) in [5.74, 6) is -2.36. The maximum Gasteiger partial charge on any atom is 0.408 e. The molecular weight excluding hydrogens is 536 g/mol. The van der Waals surface area contributed by atoms with Gasteiger partial charge >= 0.3 is 6.09 Å². The van der Waals surface area contributed by atoms with Gasteiger partial charge < -0.3 is 25.6 Å². The number of alkyl carbamates (subject to hydrolysis) is 1. The molecule has 1 saturated heterocycles. The Bertz CT molecular complexity index is 1060. The number of piperidine rings is 1. The van der Waals surface area contributed by atoms with Crippen LogP contribution < -0.4 is 16.0 Å². The number of nitrogens with one attached hydrogen (secondary N) is 3. The summed E-state index contributed by atoms with van der Waals surface area (Å²) < 4.78 is 5.52. The van der Waals surface area contributed by atoms with E-state index < -0.39 is 47.4 Å². The monoisotopic (exact) mass is 586 g/mol. The van der Waals surface area contributed by atoms with Crippen LogP contribution in [0.1, 0.15) is 86.0 Å². The predicted molar refractivity (Wildman–Crippen MR) is 160 cm³/mol. The molecule has 5 atom stereocenters. The van der Waals surface area contributed by atoms with E-state index in [4.69, 9.17) is 4.74 Å². The first-order chi connectivity index (χ1) is 19.7. The molecular formula is C32H50N4O6. The van der Waals surface area contributed by atoms with Crippen molar-refractivity contribution in [3.8, 4) is 0 Å². The number of nitrogens with zero attached hydrogens (tertiary/aromatic N) is 1. The quantitative estimate of drug-likeness (QED) is 0.182. The van der Waals surface area contributed by atoms with Crippen LogP contribution in [0.5, 0.6) is 0 Å². The number of allylic oxidation sites excluding steroid dienone is 1. The second kappa shape index (κ2) is 13.9. The van der Waals surface area contributed by atoms with Crippen molar-refractivity contribution in [2.24, 2.45) is 23.2 Å². The third kappa shape index (κ3) is 8.01. The molecule has 10 nitrogen and oxygen atoms in total. The van der Waals surface area contributed by atoms with Gasteiger partial charge in [-0.05, 0) is 69.6 Å².